The summed E-state index contributed by atoms with van der Waals surface area (Å²) >= 11 is 0. The fraction of sp³-hybridized carbons (Fsp3) is 0.500. The van der Waals surface area contributed by atoms with Crippen molar-refractivity contribution in [2.45, 2.75) is 39.0 Å². The van der Waals surface area contributed by atoms with Crippen LogP contribution >= 0.6 is 0 Å². The lowest BCUT2D eigenvalue weighted by atomic mass is 9.88. The third-order valence-corrected chi connectivity index (χ3v) is 3.73. The van der Waals surface area contributed by atoms with Crippen molar-refractivity contribution in [2.24, 2.45) is 5.92 Å². The first-order valence-corrected chi connectivity index (χ1v) is 7.40. The Hall–Kier alpha value is -1.84. The number of nitrogens with one attached hydrogen (secondary N) is 2. The molecule has 2 amide bonds. The Labute approximate surface area is 119 Å². The molecule has 0 unspecified atom stereocenters. The summed E-state index contributed by atoms with van der Waals surface area (Å²) in [5.74, 6) is 0.167. The van der Waals surface area contributed by atoms with E-state index in [1.54, 1.807) is 24.3 Å². The number of hydrogen-bond donors (Lipinski definition) is 2. The van der Waals surface area contributed by atoms with Gasteiger partial charge in [0.05, 0.1) is 0 Å². The van der Waals surface area contributed by atoms with Gasteiger partial charge in [-0.1, -0.05) is 19.3 Å². The average molecular weight is 274 g/mol. The summed E-state index contributed by atoms with van der Waals surface area (Å²) in [5, 5.41) is 5.69. The number of carbonyl (C=O) groups excluding carboxylic acids is 2. The summed E-state index contributed by atoms with van der Waals surface area (Å²) in [4.78, 5) is 23.7. The lowest BCUT2D eigenvalue weighted by Crippen LogP contribution is -2.25. The Morgan fingerprint density at radius 2 is 1.75 bits per heavy atom. The van der Waals surface area contributed by atoms with Crippen LogP contribution in [0.25, 0.3) is 0 Å². The Morgan fingerprint density at radius 1 is 1.10 bits per heavy atom. The zero-order valence-corrected chi connectivity index (χ0v) is 11.9. The molecule has 0 aromatic heterocycles. The summed E-state index contributed by atoms with van der Waals surface area (Å²) in [7, 11) is 0. The lowest BCUT2D eigenvalue weighted by Gasteiger charge is -2.20. The molecule has 1 aromatic carbocycles. The number of anilines is 1. The zero-order valence-electron chi connectivity index (χ0n) is 11.9. The van der Waals surface area contributed by atoms with E-state index in [9.17, 15) is 9.59 Å². The molecule has 1 aliphatic rings. The first kappa shape index (κ1) is 14.6. The standard InChI is InChI=1S/C16H22N2O2/c1-2-17-15(19)13-8-10-14(11-9-13)18-16(20)12-6-4-3-5-7-12/h8-12H,2-7H2,1H3,(H,17,19)(H,18,20). The maximum atomic E-state index is 12.1. The quantitative estimate of drug-likeness (QED) is 0.887. The predicted molar refractivity (Wildman–Crippen MR) is 79.7 cm³/mol. The third kappa shape index (κ3) is 3.83. The molecule has 0 heterocycles. The van der Waals surface area contributed by atoms with Crippen LogP contribution in [0.3, 0.4) is 0 Å². The number of rotatable bonds is 4. The monoisotopic (exact) mass is 274 g/mol. The van der Waals surface area contributed by atoms with E-state index in [2.05, 4.69) is 10.6 Å². The van der Waals surface area contributed by atoms with Crippen molar-refractivity contribution in [2.75, 3.05) is 11.9 Å². The Morgan fingerprint density at radius 3 is 2.35 bits per heavy atom. The summed E-state index contributed by atoms with van der Waals surface area (Å²) in [6.45, 7) is 2.50. The SMILES string of the molecule is CCNC(=O)c1ccc(NC(=O)C2CCCCC2)cc1. The summed E-state index contributed by atoms with van der Waals surface area (Å²) in [6, 6.07) is 7.04. The second kappa shape index (κ2) is 7.08. The van der Waals surface area contributed by atoms with Crippen molar-refractivity contribution in [3.8, 4) is 0 Å². The zero-order chi connectivity index (χ0) is 14.4. The Kier molecular flexibility index (Phi) is 5.16. The number of carbonyl (C=O) groups is 2. The third-order valence-electron chi connectivity index (χ3n) is 3.73. The first-order chi connectivity index (χ1) is 9.70. The molecule has 1 aromatic rings. The van der Waals surface area contributed by atoms with Gasteiger partial charge in [0.15, 0.2) is 0 Å². The molecule has 1 aliphatic carbocycles. The van der Waals surface area contributed by atoms with Gasteiger partial charge in [0.2, 0.25) is 5.91 Å². The first-order valence-electron chi connectivity index (χ1n) is 7.40. The van der Waals surface area contributed by atoms with E-state index in [1.165, 1.54) is 6.42 Å². The lowest BCUT2D eigenvalue weighted by molar-refractivity contribution is -0.120. The molecule has 2 N–H and O–H groups in total. The van der Waals surface area contributed by atoms with Gasteiger partial charge >= 0.3 is 0 Å². The van der Waals surface area contributed by atoms with Gasteiger partial charge in [-0.25, -0.2) is 0 Å². The van der Waals surface area contributed by atoms with Crippen molar-refractivity contribution in [3.63, 3.8) is 0 Å². The summed E-state index contributed by atoms with van der Waals surface area (Å²) < 4.78 is 0. The maximum absolute atomic E-state index is 12.1. The predicted octanol–water partition coefficient (Wildman–Crippen LogP) is 2.96. The topological polar surface area (TPSA) is 58.2 Å². The van der Waals surface area contributed by atoms with E-state index < -0.39 is 0 Å². The van der Waals surface area contributed by atoms with Gasteiger partial charge in [-0.2, -0.15) is 0 Å². The minimum atomic E-state index is -0.0855. The van der Waals surface area contributed by atoms with Gasteiger partial charge in [0.25, 0.3) is 5.91 Å². The molecule has 1 fully saturated rings. The number of benzene rings is 1. The second-order valence-corrected chi connectivity index (χ2v) is 5.26. The van der Waals surface area contributed by atoms with Gasteiger partial charge in [0, 0.05) is 23.7 Å². The van der Waals surface area contributed by atoms with E-state index in [-0.39, 0.29) is 17.7 Å². The van der Waals surface area contributed by atoms with Crippen molar-refractivity contribution in [1.82, 2.24) is 5.32 Å². The van der Waals surface area contributed by atoms with Gasteiger partial charge in [0.1, 0.15) is 0 Å². The van der Waals surface area contributed by atoms with Crippen LogP contribution in [-0.4, -0.2) is 18.4 Å². The fourth-order valence-electron chi connectivity index (χ4n) is 2.58. The maximum Gasteiger partial charge on any atom is 0.251 e. The van der Waals surface area contributed by atoms with Crippen LogP contribution in [0.4, 0.5) is 5.69 Å². The molecule has 4 heteroatoms. The molecule has 2 rings (SSSR count). The van der Waals surface area contributed by atoms with Crippen molar-refractivity contribution >= 4 is 17.5 Å². The largest absolute Gasteiger partial charge is 0.352 e. The van der Waals surface area contributed by atoms with E-state index in [4.69, 9.17) is 0 Å². The molecule has 0 radical (unpaired) electrons. The number of hydrogen-bond acceptors (Lipinski definition) is 2. The van der Waals surface area contributed by atoms with Gasteiger partial charge in [-0.15, -0.1) is 0 Å². The summed E-state index contributed by atoms with van der Waals surface area (Å²) in [5.41, 5.74) is 1.37. The minimum absolute atomic E-state index is 0.0855. The smallest absolute Gasteiger partial charge is 0.251 e. The molecule has 4 nitrogen and oxygen atoms in total. The van der Waals surface area contributed by atoms with Crippen LogP contribution < -0.4 is 10.6 Å². The van der Waals surface area contributed by atoms with Gasteiger partial charge < -0.3 is 10.6 Å². The normalized spacial score (nSPS) is 15.7. The van der Waals surface area contributed by atoms with Crippen LogP contribution in [-0.2, 0) is 4.79 Å². The highest BCUT2D eigenvalue weighted by Crippen LogP contribution is 2.25. The highest BCUT2D eigenvalue weighted by molar-refractivity contribution is 5.96. The van der Waals surface area contributed by atoms with Crippen molar-refractivity contribution in [1.29, 1.82) is 0 Å². The fourth-order valence-corrected chi connectivity index (χ4v) is 2.58. The molecule has 20 heavy (non-hydrogen) atoms. The Balaban J connectivity index is 1.92. The average Bonchev–Trinajstić information content (AvgIpc) is 2.49. The number of amides is 2. The van der Waals surface area contributed by atoms with E-state index in [1.807, 2.05) is 6.92 Å². The molecule has 0 spiro atoms. The molecular formula is C16H22N2O2. The molecule has 0 saturated heterocycles. The van der Waals surface area contributed by atoms with Crippen LogP contribution in [0.1, 0.15) is 49.4 Å². The molecule has 108 valence electrons. The van der Waals surface area contributed by atoms with Crippen LogP contribution in [0.2, 0.25) is 0 Å². The molecule has 0 bridgehead atoms. The van der Waals surface area contributed by atoms with Crippen LogP contribution in [0, 0.1) is 5.92 Å². The Bertz CT molecular complexity index is 462. The highest BCUT2D eigenvalue weighted by atomic mass is 16.2. The van der Waals surface area contributed by atoms with Crippen molar-refractivity contribution in [3.05, 3.63) is 29.8 Å². The molecular weight excluding hydrogens is 252 g/mol. The van der Waals surface area contributed by atoms with Crippen LogP contribution in [0.15, 0.2) is 24.3 Å². The minimum Gasteiger partial charge on any atom is -0.352 e. The van der Waals surface area contributed by atoms with E-state index in [0.29, 0.717) is 12.1 Å². The second-order valence-electron chi connectivity index (χ2n) is 5.26. The van der Waals surface area contributed by atoms with Crippen molar-refractivity contribution < 1.29 is 9.59 Å². The van der Waals surface area contributed by atoms with Crippen LogP contribution in [0.5, 0.6) is 0 Å². The molecule has 0 aliphatic heterocycles. The van der Waals surface area contributed by atoms with E-state index >= 15 is 0 Å². The molecule has 0 atom stereocenters. The molecule has 1 saturated carbocycles. The van der Waals surface area contributed by atoms with Gasteiger partial charge in [-0.3, -0.25) is 9.59 Å². The van der Waals surface area contributed by atoms with E-state index in [0.717, 1.165) is 31.4 Å². The highest BCUT2D eigenvalue weighted by Gasteiger charge is 2.20. The van der Waals surface area contributed by atoms with Gasteiger partial charge in [-0.05, 0) is 44.0 Å². The summed E-state index contributed by atoms with van der Waals surface area (Å²) in [6.07, 6.45) is 5.51.